The lowest BCUT2D eigenvalue weighted by molar-refractivity contribution is 0.468. The highest BCUT2D eigenvalue weighted by Gasteiger charge is 2.36. The number of thioether (sulfide) groups is 1. The molecule has 0 spiro atoms. The normalized spacial score (nSPS) is 18.3. The van der Waals surface area contributed by atoms with Gasteiger partial charge in [-0.2, -0.15) is 0 Å². The summed E-state index contributed by atoms with van der Waals surface area (Å²) in [5.74, 6) is 4.69. The van der Waals surface area contributed by atoms with Crippen molar-refractivity contribution in [1.29, 1.82) is 0 Å². The van der Waals surface area contributed by atoms with E-state index >= 15 is 0 Å². The molecule has 0 radical (unpaired) electrons. The third kappa shape index (κ3) is 2.87. The molecule has 2 fully saturated rings. The molecule has 2 aliphatic rings. The Morgan fingerprint density at radius 2 is 2.05 bits per heavy atom. The first-order chi connectivity index (χ1) is 10.3. The molecule has 2 heterocycles. The predicted octanol–water partition coefficient (Wildman–Crippen LogP) is 3.10. The second-order valence-corrected chi connectivity index (χ2v) is 6.85. The van der Waals surface area contributed by atoms with Crippen molar-refractivity contribution in [1.82, 2.24) is 20.1 Å². The van der Waals surface area contributed by atoms with E-state index in [9.17, 15) is 0 Å². The van der Waals surface area contributed by atoms with Gasteiger partial charge in [0.1, 0.15) is 17.3 Å². The zero-order chi connectivity index (χ0) is 14.2. The molecule has 2 saturated carbocycles. The molecule has 0 unspecified atom stereocenters. The van der Waals surface area contributed by atoms with Crippen LogP contribution in [0, 0.1) is 0 Å². The van der Waals surface area contributed by atoms with E-state index in [1.54, 1.807) is 11.8 Å². The molecule has 4 rings (SSSR count). The molecule has 0 aromatic carbocycles. The average molecular weight is 304 g/mol. The van der Waals surface area contributed by atoms with Crippen LogP contribution >= 0.6 is 11.8 Å². The van der Waals surface area contributed by atoms with Crippen molar-refractivity contribution < 1.29 is 4.42 Å². The number of rotatable bonds is 7. The highest BCUT2D eigenvalue weighted by atomic mass is 32.2. The fourth-order valence-corrected chi connectivity index (χ4v) is 3.49. The Morgan fingerprint density at radius 3 is 2.76 bits per heavy atom. The van der Waals surface area contributed by atoms with E-state index in [0.717, 1.165) is 29.0 Å². The number of hydrogen-bond donors (Lipinski definition) is 1. The van der Waals surface area contributed by atoms with E-state index in [2.05, 4.69) is 26.1 Å². The molecule has 0 saturated heterocycles. The Labute approximate surface area is 128 Å². The van der Waals surface area contributed by atoms with Crippen molar-refractivity contribution in [2.45, 2.75) is 55.1 Å². The van der Waals surface area contributed by atoms with E-state index in [1.165, 1.54) is 31.5 Å². The van der Waals surface area contributed by atoms with Gasteiger partial charge in [0.05, 0.1) is 12.3 Å². The fourth-order valence-electron chi connectivity index (χ4n) is 2.59. The van der Waals surface area contributed by atoms with Crippen LogP contribution in [0.25, 0.3) is 0 Å². The number of hydrogen-bond acceptors (Lipinski definition) is 5. The average Bonchev–Trinajstić information content (AvgIpc) is 3.41. The van der Waals surface area contributed by atoms with Crippen LogP contribution < -0.4 is 5.32 Å². The van der Waals surface area contributed by atoms with Crippen molar-refractivity contribution in [2.24, 2.45) is 0 Å². The number of nitrogens with one attached hydrogen (secondary N) is 1. The lowest BCUT2D eigenvalue weighted by atomic mass is 10.4. The van der Waals surface area contributed by atoms with Gasteiger partial charge in [-0.25, -0.2) is 0 Å². The molecule has 6 heteroatoms. The first kappa shape index (κ1) is 13.4. The second-order valence-electron chi connectivity index (χ2n) is 5.90. The minimum atomic E-state index is 0.648. The molecule has 0 amide bonds. The van der Waals surface area contributed by atoms with Crippen LogP contribution in [-0.4, -0.2) is 21.8 Å². The monoisotopic (exact) mass is 304 g/mol. The summed E-state index contributed by atoms with van der Waals surface area (Å²) in [6, 6.07) is 4.74. The van der Waals surface area contributed by atoms with Crippen LogP contribution in [0.1, 0.15) is 55.0 Å². The van der Waals surface area contributed by atoms with Crippen LogP contribution in [0.5, 0.6) is 0 Å². The van der Waals surface area contributed by atoms with Gasteiger partial charge >= 0.3 is 0 Å². The fraction of sp³-hybridized carbons (Fsp3) is 0.600. The summed E-state index contributed by atoms with van der Waals surface area (Å²) in [5.41, 5.74) is 0. The van der Waals surface area contributed by atoms with Gasteiger partial charge in [0.15, 0.2) is 5.16 Å². The van der Waals surface area contributed by atoms with Crippen molar-refractivity contribution in [3.63, 3.8) is 0 Å². The highest BCUT2D eigenvalue weighted by Crippen LogP contribution is 2.46. The van der Waals surface area contributed by atoms with E-state index in [-0.39, 0.29) is 0 Å². The quantitative estimate of drug-likeness (QED) is 0.797. The lowest BCUT2D eigenvalue weighted by Crippen LogP contribution is -2.03. The van der Waals surface area contributed by atoms with Gasteiger partial charge in [-0.05, 0) is 44.9 Å². The smallest absolute Gasteiger partial charge is 0.191 e. The summed E-state index contributed by atoms with van der Waals surface area (Å²) in [5, 5.41) is 13.0. The molecule has 0 bridgehead atoms. The van der Waals surface area contributed by atoms with Gasteiger partial charge in [0.2, 0.25) is 0 Å². The van der Waals surface area contributed by atoms with Crippen molar-refractivity contribution >= 4 is 11.8 Å². The molecule has 2 aromatic heterocycles. The summed E-state index contributed by atoms with van der Waals surface area (Å²) < 4.78 is 8.18. The maximum Gasteiger partial charge on any atom is 0.191 e. The van der Waals surface area contributed by atoms with Crippen LogP contribution in [0.15, 0.2) is 21.7 Å². The third-order valence-corrected chi connectivity index (χ3v) is 4.92. The third-order valence-electron chi connectivity index (χ3n) is 3.96. The minimum absolute atomic E-state index is 0.648. The topological polar surface area (TPSA) is 55.9 Å². The maximum absolute atomic E-state index is 5.79. The molecular weight excluding hydrogens is 284 g/mol. The van der Waals surface area contributed by atoms with Gasteiger partial charge in [-0.15, -0.1) is 10.2 Å². The van der Waals surface area contributed by atoms with Gasteiger partial charge in [0, 0.05) is 12.0 Å². The molecule has 21 heavy (non-hydrogen) atoms. The van der Waals surface area contributed by atoms with E-state index in [0.29, 0.717) is 12.0 Å². The van der Waals surface area contributed by atoms with Gasteiger partial charge in [-0.3, -0.25) is 0 Å². The van der Waals surface area contributed by atoms with Crippen LogP contribution in [0.4, 0.5) is 0 Å². The first-order valence-electron chi connectivity index (χ1n) is 7.65. The standard InChI is InChI=1S/C15H20N4OS/c1-16-8-12-6-7-13(20-12)9-21-15-18-17-14(10-2-3-10)19(15)11-4-5-11/h6-7,10-11,16H,2-5,8-9H2,1H3. The van der Waals surface area contributed by atoms with Crippen molar-refractivity contribution in [2.75, 3.05) is 7.05 Å². The molecular formula is C15H20N4OS. The first-order valence-corrected chi connectivity index (χ1v) is 8.63. The van der Waals surface area contributed by atoms with Gasteiger partial charge < -0.3 is 14.3 Å². The van der Waals surface area contributed by atoms with Crippen molar-refractivity contribution in [3.8, 4) is 0 Å². The van der Waals surface area contributed by atoms with Crippen molar-refractivity contribution in [3.05, 3.63) is 29.5 Å². The SMILES string of the molecule is CNCc1ccc(CSc2nnc(C3CC3)n2C2CC2)o1. The summed E-state index contributed by atoms with van der Waals surface area (Å²) in [7, 11) is 1.93. The van der Waals surface area contributed by atoms with E-state index in [4.69, 9.17) is 4.42 Å². The molecule has 2 aliphatic carbocycles. The van der Waals surface area contributed by atoms with Crippen LogP contribution in [-0.2, 0) is 12.3 Å². The van der Waals surface area contributed by atoms with Crippen LogP contribution in [0.3, 0.4) is 0 Å². The predicted molar refractivity (Wildman–Crippen MR) is 81.3 cm³/mol. The highest BCUT2D eigenvalue weighted by molar-refractivity contribution is 7.98. The summed E-state index contributed by atoms with van der Waals surface area (Å²) >= 11 is 1.74. The molecule has 5 nitrogen and oxygen atoms in total. The molecule has 0 atom stereocenters. The maximum atomic E-state index is 5.79. The lowest BCUT2D eigenvalue weighted by Gasteiger charge is -2.07. The Kier molecular flexibility index (Phi) is 3.51. The summed E-state index contributed by atoms with van der Waals surface area (Å²) in [4.78, 5) is 0. The number of nitrogens with zero attached hydrogens (tertiary/aromatic N) is 3. The largest absolute Gasteiger partial charge is 0.464 e. The van der Waals surface area contributed by atoms with E-state index in [1.807, 2.05) is 13.1 Å². The Bertz CT molecular complexity index is 627. The number of aromatic nitrogens is 3. The molecule has 1 N–H and O–H groups in total. The zero-order valence-electron chi connectivity index (χ0n) is 12.2. The van der Waals surface area contributed by atoms with E-state index < -0.39 is 0 Å². The van der Waals surface area contributed by atoms with Crippen LogP contribution in [0.2, 0.25) is 0 Å². The second kappa shape index (κ2) is 5.50. The summed E-state index contributed by atoms with van der Waals surface area (Å²) in [6.45, 7) is 0.773. The Hall–Kier alpha value is -1.27. The van der Waals surface area contributed by atoms with Gasteiger partial charge in [0.25, 0.3) is 0 Å². The summed E-state index contributed by atoms with van der Waals surface area (Å²) in [6.07, 6.45) is 5.11. The number of furan rings is 1. The molecule has 2 aromatic rings. The Balaban J connectivity index is 1.46. The minimum Gasteiger partial charge on any atom is -0.464 e. The molecule has 0 aliphatic heterocycles. The van der Waals surface area contributed by atoms with Gasteiger partial charge in [-0.1, -0.05) is 11.8 Å². The zero-order valence-corrected chi connectivity index (χ0v) is 13.0. The Morgan fingerprint density at radius 1 is 1.24 bits per heavy atom. The molecule has 112 valence electrons.